The van der Waals surface area contributed by atoms with Gasteiger partial charge < -0.3 is 14.5 Å². The van der Waals surface area contributed by atoms with E-state index in [9.17, 15) is 13.6 Å². The molecule has 2 aromatic carbocycles. The van der Waals surface area contributed by atoms with Crippen molar-refractivity contribution in [1.82, 2.24) is 0 Å². The van der Waals surface area contributed by atoms with Gasteiger partial charge in [0.15, 0.2) is 0 Å². The van der Waals surface area contributed by atoms with E-state index in [-0.39, 0.29) is 27.9 Å². The molecule has 0 aliphatic rings. The fraction of sp³-hybridized carbons (Fsp3) is 0.167. The zero-order chi connectivity index (χ0) is 18.7. The second-order valence-corrected chi connectivity index (χ2v) is 6.75. The van der Waals surface area contributed by atoms with Crippen LogP contribution in [0.3, 0.4) is 0 Å². The van der Waals surface area contributed by atoms with Gasteiger partial charge in [-0.15, -0.1) is 0 Å². The lowest BCUT2D eigenvalue weighted by atomic mass is 10.1. The summed E-state index contributed by atoms with van der Waals surface area (Å²) in [5.41, 5.74) is 1.54. The van der Waals surface area contributed by atoms with Gasteiger partial charge in [0.05, 0.1) is 35.4 Å². The van der Waals surface area contributed by atoms with Crippen LogP contribution in [0.25, 0.3) is 11.0 Å². The zero-order valence-corrected chi connectivity index (χ0v) is 15.2. The van der Waals surface area contributed by atoms with Crippen molar-refractivity contribution in [3.05, 3.63) is 53.2 Å². The fourth-order valence-corrected chi connectivity index (χ4v) is 3.42. The average molecular weight is 398 g/mol. The summed E-state index contributed by atoms with van der Waals surface area (Å²) < 4.78 is 36.0. The van der Waals surface area contributed by atoms with Gasteiger partial charge in [-0.1, -0.05) is 29.4 Å². The van der Waals surface area contributed by atoms with Crippen molar-refractivity contribution in [2.45, 2.75) is 17.1 Å². The molecular formula is C18H14ClF2NO3S. The third-order valence-corrected chi connectivity index (χ3v) is 4.94. The molecular weight excluding hydrogens is 384 g/mol. The number of rotatable bonds is 6. The minimum Gasteiger partial charge on any atom is -0.497 e. The third-order valence-electron chi connectivity index (χ3n) is 3.66. The minimum atomic E-state index is -2.64. The number of anilines is 1. The van der Waals surface area contributed by atoms with Crippen LogP contribution in [0.2, 0.25) is 5.02 Å². The van der Waals surface area contributed by atoms with Crippen molar-refractivity contribution < 1.29 is 22.7 Å². The lowest BCUT2D eigenvalue weighted by Gasteiger charge is -2.11. The van der Waals surface area contributed by atoms with E-state index < -0.39 is 5.76 Å². The number of hydrogen-bond acceptors (Lipinski definition) is 4. The fourth-order valence-electron chi connectivity index (χ4n) is 2.51. The topological polar surface area (TPSA) is 51.5 Å². The molecule has 0 spiro atoms. The molecule has 0 radical (unpaired) electrons. The number of furan rings is 1. The molecule has 4 nitrogen and oxygen atoms in total. The Balaban J connectivity index is 1.79. The maximum absolute atomic E-state index is 12.7. The molecule has 0 aliphatic carbocycles. The van der Waals surface area contributed by atoms with E-state index in [1.807, 2.05) is 0 Å². The first-order chi connectivity index (χ1) is 12.5. The number of benzene rings is 2. The summed E-state index contributed by atoms with van der Waals surface area (Å²) in [6.07, 6.45) is 1.53. The van der Waals surface area contributed by atoms with E-state index in [2.05, 4.69) is 5.32 Å². The summed E-state index contributed by atoms with van der Waals surface area (Å²) in [7, 11) is 1.55. The highest BCUT2D eigenvalue weighted by Gasteiger charge is 2.17. The first kappa shape index (κ1) is 18.5. The molecule has 0 atom stereocenters. The monoisotopic (exact) mass is 397 g/mol. The van der Waals surface area contributed by atoms with E-state index in [1.165, 1.54) is 18.4 Å². The van der Waals surface area contributed by atoms with Gasteiger partial charge in [-0.25, -0.2) is 0 Å². The maximum Gasteiger partial charge on any atom is 0.289 e. The highest BCUT2D eigenvalue weighted by molar-refractivity contribution is 7.99. The Labute approximate surface area is 157 Å². The van der Waals surface area contributed by atoms with Crippen LogP contribution in [0.1, 0.15) is 5.56 Å². The molecule has 1 amide bonds. The minimum absolute atomic E-state index is 0.0324. The number of hydrogen-bond donors (Lipinski definition) is 1. The van der Waals surface area contributed by atoms with Crippen molar-refractivity contribution in [3.63, 3.8) is 0 Å². The molecule has 1 heterocycles. The van der Waals surface area contributed by atoms with Crippen LogP contribution in [0.4, 0.5) is 14.5 Å². The van der Waals surface area contributed by atoms with Crippen LogP contribution in [-0.2, 0) is 11.2 Å². The number of amides is 1. The van der Waals surface area contributed by atoms with Gasteiger partial charge in [0.25, 0.3) is 5.76 Å². The van der Waals surface area contributed by atoms with Crippen LogP contribution < -0.4 is 10.1 Å². The second kappa shape index (κ2) is 7.97. The SMILES string of the molecule is COc1ccc2c(CC(=O)Nc3cccc(Cl)c3SC(F)F)coc2c1. The van der Waals surface area contributed by atoms with E-state index in [0.29, 0.717) is 28.7 Å². The molecule has 3 rings (SSSR count). The van der Waals surface area contributed by atoms with Crippen molar-refractivity contribution in [2.75, 3.05) is 12.4 Å². The van der Waals surface area contributed by atoms with Crippen LogP contribution in [0, 0.1) is 0 Å². The Kier molecular flexibility index (Phi) is 5.68. The van der Waals surface area contributed by atoms with Crippen LogP contribution in [-0.4, -0.2) is 18.8 Å². The number of nitrogens with one attached hydrogen (secondary N) is 1. The number of alkyl halides is 2. The normalized spacial score (nSPS) is 11.1. The summed E-state index contributed by atoms with van der Waals surface area (Å²) in [4.78, 5) is 12.5. The van der Waals surface area contributed by atoms with E-state index in [1.54, 1.807) is 31.4 Å². The Hall–Kier alpha value is -2.25. The van der Waals surface area contributed by atoms with Gasteiger partial charge in [0, 0.05) is 17.0 Å². The third kappa shape index (κ3) is 4.11. The van der Waals surface area contributed by atoms with Crippen LogP contribution in [0.15, 0.2) is 52.0 Å². The predicted molar refractivity (Wildman–Crippen MR) is 98.4 cm³/mol. The smallest absolute Gasteiger partial charge is 0.289 e. The maximum atomic E-state index is 12.7. The molecule has 1 aromatic heterocycles. The summed E-state index contributed by atoms with van der Waals surface area (Å²) in [6, 6.07) is 9.93. The molecule has 8 heteroatoms. The molecule has 0 saturated carbocycles. The quantitative estimate of drug-likeness (QED) is 0.551. The first-order valence-electron chi connectivity index (χ1n) is 7.55. The zero-order valence-electron chi connectivity index (χ0n) is 13.6. The van der Waals surface area contributed by atoms with Crippen LogP contribution in [0.5, 0.6) is 5.75 Å². The molecule has 26 heavy (non-hydrogen) atoms. The molecule has 0 saturated heterocycles. The highest BCUT2D eigenvalue weighted by Crippen LogP contribution is 2.37. The largest absolute Gasteiger partial charge is 0.497 e. The van der Waals surface area contributed by atoms with Crippen molar-refractivity contribution >= 4 is 45.9 Å². The van der Waals surface area contributed by atoms with E-state index in [4.69, 9.17) is 20.8 Å². The number of carbonyl (C=O) groups excluding carboxylic acids is 1. The second-order valence-electron chi connectivity index (χ2n) is 5.34. The van der Waals surface area contributed by atoms with Gasteiger partial charge in [0.2, 0.25) is 5.91 Å². The number of ether oxygens (including phenoxy) is 1. The molecule has 1 N–H and O–H groups in total. The predicted octanol–water partition coefficient (Wildman–Crippen LogP) is 5.59. The summed E-state index contributed by atoms with van der Waals surface area (Å²) in [5, 5.41) is 3.59. The number of halogens is 3. The Morgan fingerprint density at radius 3 is 2.88 bits per heavy atom. The summed E-state index contributed by atoms with van der Waals surface area (Å²) in [6.45, 7) is 0. The lowest BCUT2D eigenvalue weighted by molar-refractivity contribution is -0.115. The van der Waals surface area contributed by atoms with Crippen molar-refractivity contribution in [2.24, 2.45) is 0 Å². The average Bonchev–Trinajstić information content (AvgIpc) is 2.99. The molecule has 0 bridgehead atoms. The number of carbonyl (C=O) groups is 1. The molecule has 0 fully saturated rings. The Morgan fingerprint density at radius 2 is 2.15 bits per heavy atom. The van der Waals surface area contributed by atoms with E-state index in [0.717, 1.165) is 5.39 Å². The molecule has 0 aliphatic heterocycles. The number of thioether (sulfide) groups is 1. The summed E-state index contributed by atoms with van der Waals surface area (Å²) >= 11 is 6.27. The number of fused-ring (bicyclic) bond motifs is 1. The van der Waals surface area contributed by atoms with Gasteiger partial charge in [0.1, 0.15) is 11.3 Å². The van der Waals surface area contributed by atoms with E-state index >= 15 is 0 Å². The molecule has 3 aromatic rings. The molecule has 0 unspecified atom stereocenters. The summed E-state index contributed by atoms with van der Waals surface area (Å²) in [5.74, 6) is -2.35. The van der Waals surface area contributed by atoms with Gasteiger partial charge in [-0.2, -0.15) is 8.78 Å². The van der Waals surface area contributed by atoms with Crippen molar-refractivity contribution in [1.29, 1.82) is 0 Å². The number of methoxy groups -OCH3 is 1. The Bertz CT molecular complexity index is 945. The Morgan fingerprint density at radius 1 is 1.35 bits per heavy atom. The molecule has 136 valence electrons. The van der Waals surface area contributed by atoms with Crippen LogP contribution >= 0.6 is 23.4 Å². The standard InChI is InChI=1S/C18H14ClF2NO3S/c1-24-11-5-6-12-10(9-25-15(12)8-11)7-16(23)22-14-4-2-3-13(19)17(14)26-18(20)21/h2-6,8-9,18H,7H2,1H3,(H,22,23). The lowest BCUT2D eigenvalue weighted by Crippen LogP contribution is -2.15. The van der Waals surface area contributed by atoms with Crippen molar-refractivity contribution in [3.8, 4) is 5.75 Å². The van der Waals surface area contributed by atoms with Gasteiger partial charge in [-0.05, 0) is 24.3 Å². The first-order valence-corrected chi connectivity index (χ1v) is 8.81. The van der Waals surface area contributed by atoms with Gasteiger partial charge >= 0.3 is 0 Å². The highest BCUT2D eigenvalue weighted by atomic mass is 35.5. The van der Waals surface area contributed by atoms with Gasteiger partial charge in [-0.3, -0.25) is 4.79 Å².